The maximum atomic E-state index is 13.0. The summed E-state index contributed by atoms with van der Waals surface area (Å²) in [5, 5.41) is 17.1. The first-order valence-corrected chi connectivity index (χ1v) is 23.2. The molecule has 360 valence electrons. The second-order valence-corrected chi connectivity index (χ2v) is 16.7. The molecule has 0 saturated carbocycles. The van der Waals surface area contributed by atoms with Crippen LogP contribution in [0.4, 0.5) is 11.4 Å². The lowest BCUT2D eigenvalue weighted by Crippen LogP contribution is -2.60. The first kappa shape index (κ1) is 41.3. The topological polar surface area (TPSA) is 223 Å². The molecule has 2 saturated heterocycles. The predicted octanol–water partition coefficient (Wildman–Crippen LogP) is 2.02. The van der Waals surface area contributed by atoms with Crippen LogP contribution in [0.15, 0.2) is 70.3 Å². The van der Waals surface area contributed by atoms with E-state index >= 15 is 0 Å². The van der Waals surface area contributed by atoms with Crippen LogP contribution in [0.2, 0.25) is 0 Å². The molecule has 2 fully saturated rings. The van der Waals surface area contributed by atoms with Gasteiger partial charge in [0.15, 0.2) is 0 Å². The van der Waals surface area contributed by atoms with E-state index in [0.717, 1.165) is 46.7 Å². The van der Waals surface area contributed by atoms with Crippen LogP contribution in [0, 0.1) is 0 Å². The number of aromatic nitrogens is 8. The molecule has 2 aliphatic rings. The Morgan fingerprint density at radius 2 is 1.09 bits per heavy atom. The standard InChI is InChI=1S/C21H32N6O3.C16H24N2O2.C6H12N4O4S/c1-4-19(28)27(18-9-7-6-8-10-18)21(17-30-3)11-13-24(14-12-21)15-16-26-20(29)25(5-2)22-23-26;1-3-15(19)18(14-7-5-4-6-8-14)16(13-20-2)9-11-17-12-10-16;1-3-9-6(11)10(8-7-9)4-5-14-15(2,12)13/h6-10H,4-5,11-17H2,1-3H3;4-8,17H,3,9-13H2,1-2H3;3-5H2,1-2H3/i15D2,16D2;;4D2,5D2. The van der Waals surface area contributed by atoms with Gasteiger partial charge in [-0.2, -0.15) is 27.1 Å². The summed E-state index contributed by atoms with van der Waals surface area (Å²) in [6.07, 6.45) is 3.91. The van der Waals surface area contributed by atoms with Gasteiger partial charge in [-0.15, -0.1) is 0 Å². The van der Waals surface area contributed by atoms with Gasteiger partial charge in [-0.25, -0.2) is 9.59 Å². The maximum Gasteiger partial charge on any atom is 0.363 e. The summed E-state index contributed by atoms with van der Waals surface area (Å²) < 4.78 is 103. The highest BCUT2D eigenvalue weighted by Crippen LogP contribution is 2.35. The zero-order valence-electron chi connectivity index (χ0n) is 46.2. The molecule has 21 nitrogen and oxygen atoms in total. The summed E-state index contributed by atoms with van der Waals surface area (Å²) in [4.78, 5) is 54.7. The summed E-state index contributed by atoms with van der Waals surface area (Å²) in [6, 6.07) is 19.3. The second-order valence-electron chi connectivity index (χ2n) is 15.1. The van der Waals surface area contributed by atoms with Gasteiger partial charge in [0.1, 0.15) is 0 Å². The number of carbonyl (C=O) groups is 2. The van der Waals surface area contributed by atoms with Gasteiger partial charge >= 0.3 is 11.4 Å². The highest BCUT2D eigenvalue weighted by molar-refractivity contribution is 7.85. The fourth-order valence-electron chi connectivity index (χ4n) is 7.51. The third kappa shape index (κ3) is 14.4. The molecule has 2 aromatic carbocycles. The lowest BCUT2D eigenvalue weighted by Gasteiger charge is -2.48. The van der Waals surface area contributed by atoms with E-state index in [1.807, 2.05) is 72.5 Å². The van der Waals surface area contributed by atoms with Gasteiger partial charge in [0.05, 0.1) is 58.3 Å². The van der Waals surface area contributed by atoms with Crippen LogP contribution < -0.4 is 26.5 Å². The van der Waals surface area contributed by atoms with E-state index in [9.17, 15) is 27.6 Å². The highest BCUT2D eigenvalue weighted by atomic mass is 32.2. The quantitative estimate of drug-likeness (QED) is 0.133. The Morgan fingerprint density at radius 1 is 0.677 bits per heavy atom. The Hall–Kier alpha value is -5.13. The number of hydrogen-bond acceptors (Lipinski definition) is 15. The zero-order valence-corrected chi connectivity index (χ0v) is 39.0. The van der Waals surface area contributed by atoms with Crippen molar-refractivity contribution in [1.82, 2.24) is 49.8 Å². The molecule has 0 spiro atoms. The van der Waals surface area contributed by atoms with Gasteiger partial charge in [-0.3, -0.25) is 13.8 Å². The van der Waals surface area contributed by atoms with E-state index in [1.54, 1.807) is 39.9 Å². The molecule has 0 bridgehead atoms. The van der Waals surface area contributed by atoms with Crippen molar-refractivity contribution >= 4 is 33.3 Å². The Bertz CT molecular complexity index is 2640. The van der Waals surface area contributed by atoms with Crippen molar-refractivity contribution in [3.63, 3.8) is 0 Å². The maximum absolute atomic E-state index is 13.0. The van der Waals surface area contributed by atoms with Crippen LogP contribution in [0.25, 0.3) is 0 Å². The fraction of sp³-hybridized carbons (Fsp3) is 0.628. The van der Waals surface area contributed by atoms with Crippen LogP contribution in [-0.2, 0) is 59.4 Å². The molecule has 4 aromatic rings. The second kappa shape index (κ2) is 25.5. The normalized spacial score (nSPS) is 18.5. The molecule has 2 amide bonds. The lowest BCUT2D eigenvalue weighted by atomic mass is 9.85. The van der Waals surface area contributed by atoms with Gasteiger partial charge in [0.25, 0.3) is 10.1 Å². The molecule has 22 heteroatoms. The van der Waals surface area contributed by atoms with Crippen molar-refractivity contribution < 1.29 is 42.6 Å². The number of ether oxygens (including phenoxy) is 2. The van der Waals surface area contributed by atoms with E-state index in [0.29, 0.717) is 43.2 Å². The number of nitrogens with one attached hydrogen (secondary N) is 1. The van der Waals surface area contributed by atoms with Crippen molar-refractivity contribution in [2.45, 2.75) is 103 Å². The molecule has 65 heavy (non-hydrogen) atoms. The number of nitrogens with zero attached hydrogens (tertiary/aromatic N) is 11. The number of aryl methyl sites for hydroxylation is 4. The average molecular weight is 937 g/mol. The number of rotatable bonds is 19. The fourth-order valence-corrected chi connectivity index (χ4v) is 7.69. The van der Waals surface area contributed by atoms with Crippen LogP contribution in [-0.4, -0.2) is 149 Å². The summed E-state index contributed by atoms with van der Waals surface area (Å²) in [5.41, 5.74) is -1.07. The molecule has 0 aliphatic carbocycles. The van der Waals surface area contributed by atoms with E-state index in [-0.39, 0.29) is 54.8 Å². The van der Waals surface area contributed by atoms with Crippen LogP contribution >= 0.6 is 0 Å². The molecule has 1 N–H and O–H groups in total. The Morgan fingerprint density at radius 3 is 1.48 bits per heavy atom. The SMILES string of the molecule is CCC(=O)N(c1ccccc1)C1(COC)CCNCC1.[2H]C([2H])(N1CCC(COC)(N(C(=O)CC)c2ccccc2)CC1)C([2H])([2H])n1nnn(CC)c1=O.[2H]C([2H])(OS(C)(=O)=O)C([2H])([2H])n1nnn(CC)c1=O. The van der Waals surface area contributed by atoms with Gasteiger partial charge in [-0.05, 0) is 97.7 Å². The van der Waals surface area contributed by atoms with E-state index in [4.69, 9.17) is 20.4 Å². The molecule has 2 aromatic heterocycles. The monoisotopic (exact) mass is 937 g/mol. The number of hydrogen-bond donors (Lipinski definition) is 1. The number of benzene rings is 2. The minimum atomic E-state index is -4.27. The first-order valence-electron chi connectivity index (χ1n) is 25.4. The molecule has 4 heterocycles. The molecular weight excluding hydrogens is 861 g/mol. The number of anilines is 2. The number of methoxy groups -OCH3 is 2. The van der Waals surface area contributed by atoms with Crippen molar-refractivity contribution in [2.75, 3.05) is 82.7 Å². The third-order valence-corrected chi connectivity index (χ3v) is 11.1. The zero-order chi connectivity index (χ0) is 54.6. The van der Waals surface area contributed by atoms with Crippen molar-refractivity contribution in [3.8, 4) is 0 Å². The van der Waals surface area contributed by atoms with Crippen LogP contribution in [0.1, 0.15) is 77.2 Å². The largest absolute Gasteiger partial charge is 0.382 e. The van der Waals surface area contributed by atoms with Gasteiger partial charge < -0.3 is 29.5 Å². The third-order valence-electron chi connectivity index (χ3n) is 10.7. The van der Waals surface area contributed by atoms with Crippen molar-refractivity contribution in [2.24, 2.45) is 0 Å². The highest BCUT2D eigenvalue weighted by Gasteiger charge is 2.43. The summed E-state index contributed by atoms with van der Waals surface area (Å²) in [6.45, 7) is -1.61. The summed E-state index contributed by atoms with van der Waals surface area (Å²) >= 11 is 0. The van der Waals surface area contributed by atoms with Gasteiger partial charge in [0, 0.05) is 73.9 Å². The molecule has 0 radical (unpaired) electrons. The lowest BCUT2D eigenvalue weighted by molar-refractivity contribution is -0.121. The Balaban J connectivity index is 0.000000254. The Kier molecular flexibility index (Phi) is 16.2. The molecular formula is C43H68N12O9S. The summed E-state index contributed by atoms with van der Waals surface area (Å²) in [5.74, 6) is 0.0907. The molecule has 0 atom stereocenters. The van der Waals surface area contributed by atoms with Crippen LogP contribution in [0.5, 0.6) is 0 Å². The number of carbonyl (C=O) groups excluding carboxylic acids is 2. The van der Waals surface area contributed by atoms with Crippen molar-refractivity contribution in [1.29, 1.82) is 0 Å². The number of para-hydroxylation sites is 2. The first-order chi connectivity index (χ1) is 34.2. The smallest absolute Gasteiger partial charge is 0.363 e. The van der Waals surface area contributed by atoms with E-state index in [2.05, 4.69) is 30.4 Å². The van der Waals surface area contributed by atoms with E-state index < -0.39 is 53.1 Å². The molecule has 2 aliphatic heterocycles. The molecule has 6 rings (SSSR count). The number of tetrazole rings is 2. The van der Waals surface area contributed by atoms with Gasteiger partial charge in [-0.1, -0.05) is 50.2 Å². The summed E-state index contributed by atoms with van der Waals surface area (Å²) in [7, 11) is -0.994. The number of likely N-dealkylation sites (tertiary alicyclic amines) is 1. The van der Waals surface area contributed by atoms with Crippen molar-refractivity contribution in [3.05, 3.63) is 81.6 Å². The predicted molar refractivity (Wildman–Crippen MR) is 246 cm³/mol. The number of amides is 2. The Labute approximate surface area is 392 Å². The average Bonchev–Trinajstić information content (AvgIpc) is 3.93. The minimum absolute atomic E-state index is 0.0715. The minimum Gasteiger partial charge on any atom is -0.382 e. The number of piperidine rings is 2. The van der Waals surface area contributed by atoms with Gasteiger partial charge in [0.2, 0.25) is 11.8 Å². The van der Waals surface area contributed by atoms with Crippen LogP contribution in [0.3, 0.4) is 0 Å². The van der Waals surface area contributed by atoms with E-state index in [1.165, 1.54) is 4.90 Å². The molecule has 0 unspecified atom stereocenters.